The third-order valence-electron chi connectivity index (χ3n) is 7.48. The van der Waals surface area contributed by atoms with Crippen LogP contribution in [0.5, 0.6) is 0 Å². The van der Waals surface area contributed by atoms with E-state index in [2.05, 4.69) is 33.5 Å². The molecule has 1 saturated heterocycles. The minimum atomic E-state index is -0.577. The number of anilines is 1. The fourth-order valence-electron chi connectivity index (χ4n) is 5.02. The summed E-state index contributed by atoms with van der Waals surface area (Å²) in [4.78, 5) is 30.6. The first-order chi connectivity index (χ1) is 18.5. The molecule has 0 bridgehead atoms. The zero-order valence-electron chi connectivity index (χ0n) is 21.7. The van der Waals surface area contributed by atoms with Crippen molar-refractivity contribution in [2.75, 3.05) is 44.8 Å². The summed E-state index contributed by atoms with van der Waals surface area (Å²) in [7, 11) is 2.05. The van der Waals surface area contributed by atoms with Gasteiger partial charge in [-0.15, -0.1) is 5.53 Å². The van der Waals surface area contributed by atoms with Crippen molar-refractivity contribution in [2.45, 2.75) is 37.3 Å². The van der Waals surface area contributed by atoms with Crippen LogP contribution in [0.4, 0.5) is 10.1 Å². The third-order valence-corrected chi connectivity index (χ3v) is 7.48. The highest BCUT2D eigenvalue weighted by Crippen LogP contribution is 2.40. The van der Waals surface area contributed by atoms with E-state index in [9.17, 15) is 14.0 Å². The lowest BCUT2D eigenvalue weighted by Crippen LogP contribution is -2.54. The van der Waals surface area contributed by atoms with E-state index in [0.717, 1.165) is 43.7 Å². The number of hydrogen-bond donors (Lipinski definition) is 4. The van der Waals surface area contributed by atoms with Gasteiger partial charge in [0, 0.05) is 56.1 Å². The molecule has 3 aliphatic rings. The standard InChI is InChI=1S/C28H36FN7O2/c1-34-15-17-35(18-16-34)28(38)25(3-2-12-30-26-19-24(26)20-4-8-22(29)9-5-20)32-27(37)21-6-10-23(11-7-21)36-14-13-31-33-36/h4-11,13-14,24-26,30-31,33H,2-3,12,15-19H2,1H3,(H,32,37)/t24-,25+,26+/m1/s1. The molecule has 5 rings (SSSR count). The largest absolute Gasteiger partial charge is 0.340 e. The molecule has 0 aromatic heterocycles. The van der Waals surface area contributed by atoms with Crippen LogP contribution in [-0.2, 0) is 4.79 Å². The summed E-state index contributed by atoms with van der Waals surface area (Å²) >= 11 is 0. The molecule has 0 radical (unpaired) electrons. The van der Waals surface area contributed by atoms with E-state index in [1.54, 1.807) is 23.3 Å². The molecule has 2 heterocycles. The molecule has 2 aliphatic heterocycles. The molecule has 9 nitrogen and oxygen atoms in total. The fraction of sp³-hybridized carbons (Fsp3) is 0.429. The van der Waals surface area contributed by atoms with Crippen molar-refractivity contribution >= 4 is 17.5 Å². The van der Waals surface area contributed by atoms with Crippen LogP contribution in [0.3, 0.4) is 0 Å². The summed E-state index contributed by atoms with van der Waals surface area (Å²) in [6.07, 6.45) is 5.97. The van der Waals surface area contributed by atoms with Gasteiger partial charge in [0.05, 0.1) is 5.69 Å². The van der Waals surface area contributed by atoms with Crippen molar-refractivity contribution in [3.63, 3.8) is 0 Å². The maximum absolute atomic E-state index is 13.4. The number of hydrazine groups is 2. The third kappa shape index (κ3) is 6.50. The summed E-state index contributed by atoms with van der Waals surface area (Å²) < 4.78 is 13.2. The number of halogens is 1. The number of piperazine rings is 1. The van der Waals surface area contributed by atoms with Crippen molar-refractivity contribution in [2.24, 2.45) is 0 Å². The topological polar surface area (TPSA) is 92.0 Å². The van der Waals surface area contributed by atoms with Crippen LogP contribution in [0, 0.1) is 5.82 Å². The number of carbonyl (C=O) groups is 2. The van der Waals surface area contributed by atoms with E-state index in [4.69, 9.17) is 0 Å². The van der Waals surface area contributed by atoms with E-state index >= 15 is 0 Å². The van der Waals surface area contributed by atoms with Crippen molar-refractivity contribution < 1.29 is 14.0 Å². The van der Waals surface area contributed by atoms with E-state index < -0.39 is 6.04 Å². The van der Waals surface area contributed by atoms with Crippen molar-refractivity contribution in [3.05, 3.63) is 77.9 Å². The van der Waals surface area contributed by atoms with E-state index in [0.29, 0.717) is 37.0 Å². The van der Waals surface area contributed by atoms with Gasteiger partial charge in [0.25, 0.3) is 5.91 Å². The van der Waals surface area contributed by atoms with Crippen molar-refractivity contribution in [1.29, 1.82) is 0 Å². The normalized spacial score (nSPS) is 21.7. The van der Waals surface area contributed by atoms with Gasteiger partial charge in [-0.05, 0) is 74.8 Å². The lowest BCUT2D eigenvalue weighted by molar-refractivity contribution is -0.135. The summed E-state index contributed by atoms with van der Waals surface area (Å²) in [6.45, 7) is 3.75. The van der Waals surface area contributed by atoms with Gasteiger partial charge >= 0.3 is 0 Å². The summed E-state index contributed by atoms with van der Waals surface area (Å²) in [5.74, 6) is -0.0798. The minimum Gasteiger partial charge on any atom is -0.340 e. The molecule has 2 aromatic rings. The maximum Gasteiger partial charge on any atom is 0.251 e. The highest BCUT2D eigenvalue weighted by molar-refractivity contribution is 5.97. The molecular weight excluding hydrogens is 485 g/mol. The minimum absolute atomic E-state index is 0.0174. The Bertz CT molecular complexity index is 1130. The Morgan fingerprint density at radius 1 is 1.05 bits per heavy atom. The highest BCUT2D eigenvalue weighted by Gasteiger charge is 2.37. The molecule has 0 unspecified atom stereocenters. The van der Waals surface area contributed by atoms with Gasteiger partial charge < -0.3 is 25.9 Å². The van der Waals surface area contributed by atoms with Crippen LogP contribution in [0.1, 0.15) is 41.1 Å². The predicted octanol–water partition coefficient (Wildman–Crippen LogP) is 1.92. The van der Waals surface area contributed by atoms with Crippen LogP contribution in [-0.4, -0.2) is 73.5 Å². The first-order valence-corrected chi connectivity index (χ1v) is 13.3. The van der Waals surface area contributed by atoms with Gasteiger partial charge in [-0.3, -0.25) is 14.6 Å². The second-order valence-electron chi connectivity index (χ2n) is 10.2. The molecule has 4 N–H and O–H groups in total. The number of hydrogen-bond acceptors (Lipinski definition) is 7. The lowest BCUT2D eigenvalue weighted by atomic mass is 10.1. The molecule has 0 spiro atoms. The number of amides is 2. The first-order valence-electron chi connectivity index (χ1n) is 13.3. The molecule has 2 aromatic carbocycles. The maximum atomic E-state index is 13.4. The molecular formula is C28H36FN7O2. The van der Waals surface area contributed by atoms with E-state index in [1.165, 1.54) is 12.1 Å². The summed E-state index contributed by atoms with van der Waals surface area (Å²) in [5.41, 5.74) is 8.39. The Hall–Kier alpha value is -3.47. The molecule has 1 aliphatic carbocycles. The molecule has 2 fully saturated rings. The van der Waals surface area contributed by atoms with Crippen LogP contribution in [0.2, 0.25) is 0 Å². The van der Waals surface area contributed by atoms with E-state index in [1.807, 2.05) is 35.4 Å². The Morgan fingerprint density at radius 2 is 1.79 bits per heavy atom. The number of likely N-dealkylation sites (N-methyl/N-ethyl adjacent to an activating group) is 1. The zero-order valence-corrected chi connectivity index (χ0v) is 21.7. The van der Waals surface area contributed by atoms with Gasteiger partial charge in [-0.1, -0.05) is 12.1 Å². The van der Waals surface area contributed by atoms with Crippen molar-refractivity contribution in [1.82, 2.24) is 31.4 Å². The molecule has 1 saturated carbocycles. The lowest BCUT2D eigenvalue weighted by Gasteiger charge is -2.34. The molecule has 10 heteroatoms. The predicted molar refractivity (Wildman–Crippen MR) is 144 cm³/mol. The molecule has 2 amide bonds. The SMILES string of the molecule is CN1CCN(C(=O)[C@H](CCCN[C@H]2C[C@@H]2c2ccc(F)cc2)NC(=O)c2ccc(N3C=CNN3)cc2)CC1. The van der Waals surface area contributed by atoms with Crippen LogP contribution < -0.4 is 26.6 Å². The van der Waals surface area contributed by atoms with Gasteiger partial charge in [0.2, 0.25) is 5.91 Å². The van der Waals surface area contributed by atoms with E-state index in [-0.39, 0.29) is 17.6 Å². The van der Waals surface area contributed by atoms with Gasteiger partial charge in [0.1, 0.15) is 11.9 Å². The monoisotopic (exact) mass is 521 g/mol. The van der Waals surface area contributed by atoms with Gasteiger partial charge in [-0.25, -0.2) is 4.39 Å². The van der Waals surface area contributed by atoms with Crippen LogP contribution >= 0.6 is 0 Å². The van der Waals surface area contributed by atoms with Crippen LogP contribution in [0.25, 0.3) is 0 Å². The zero-order chi connectivity index (χ0) is 26.5. The smallest absolute Gasteiger partial charge is 0.251 e. The quantitative estimate of drug-likeness (QED) is 0.355. The van der Waals surface area contributed by atoms with Gasteiger partial charge in [-0.2, -0.15) is 0 Å². The van der Waals surface area contributed by atoms with Crippen LogP contribution in [0.15, 0.2) is 60.9 Å². The summed E-state index contributed by atoms with van der Waals surface area (Å²) in [6, 6.07) is 13.7. The van der Waals surface area contributed by atoms with Gasteiger partial charge in [0.15, 0.2) is 0 Å². The number of carbonyl (C=O) groups excluding carboxylic acids is 2. The average molecular weight is 522 g/mol. The Morgan fingerprint density at radius 3 is 2.47 bits per heavy atom. The average Bonchev–Trinajstić information content (AvgIpc) is 3.49. The first kappa shape index (κ1) is 26.1. The molecule has 3 atom stereocenters. The number of nitrogens with zero attached hydrogens (tertiary/aromatic N) is 3. The number of nitrogens with one attached hydrogen (secondary N) is 4. The number of rotatable bonds is 10. The second-order valence-corrected chi connectivity index (χ2v) is 10.2. The Balaban J connectivity index is 1.15. The highest BCUT2D eigenvalue weighted by atomic mass is 19.1. The second kappa shape index (κ2) is 11.9. The number of benzene rings is 2. The Kier molecular flexibility index (Phi) is 8.21. The Labute approximate surface area is 223 Å². The van der Waals surface area contributed by atoms with Crippen molar-refractivity contribution in [3.8, 4) is 0 Å². The molecule has 202 valence electrons. The molecule has 38 heavy (non-hydrogen) atoms. The summed E-state index contributed by atoms with van der Waals surface area (Å²) in [5, 5.41) is 8.37. The fourth-order valence-corrected chi connectivity index (χ4v) is 5.02.